The van der Waals surface area contributed by atoms with Crippen LogP contribution in [0.25, 0.3) is 0 Å². The molecule has 0 bridgehead atoms. The van der Waals surface area contributed by atoms with E-state index in [0.717, 1.165) is 18.5 Å². The highest BCUT2D eigenvalue weighted by Crippen LogP contribution is 2.38. The van der Waals surface area contributed by atoms with Crippen LogP contribution >= 0.6 is 0 Å². The van der Waals surface area contributed by atoms with Crippen molar-refractivity contribution in [3.05, 3.63) is 47.8 Å². The molecule has 0 aliphatic heterocycles. The first kappa shape index (κ1) is 16.2. The van der Waals surface area contributed by atoms with E-state index in [-0.39, 0.29) is 11.8 Å². The van der Waals surface area contributed by atoms with Crippen LogP contribution < -0.4 is 5.32 Å². The lowest BCUT2D eigenvalue weighted by Crippen LogP contribution is -2.43. The van der Waals surface area contributed by atoms with Crippen molar-refractivity contribution in [2.45, 2.75) is 50.0 Å². The van der Waals surface area contributed by atoms with E-state index in [1.54, 1.807) is 28.9 Å². The number of nitrogens with one attached hydrogen (secondary N) is 1. The van der Waals surface area contributed by atoms with Crippen molar-refractivity contribution in [2.75, 3.05) is 0 Å². The zero-order valence-corrected chi connectivity index (χ0v) is 13.8. The summed E-state index contributed by atoms with van der Waals surface area (Å²) in [5.74, 6) is 0.116. The summed E-state index contributed by atoms with van der Waals surface area (Å²) >= 11 is 0. The molecule has 4 atom stereocenters. The van der Waals surface area contributed by atoms with Gasteiger partial charge in [0.25, 0.3) is 5.91 Å². The van der Waals surface area contributed by atoms with Crippen LogP contribution in [0.4, 0.5) is 0 Å². The van der Waals surface area contributed by atoms with E-state index in [1.165, 1.54) is 0 Å². The topological polar surface area (TPSA) is 100 Å². The van der Waals surface area contributed by atoms with Gasteiger partial charge in [-0.05, 0) is 31.4 Å². The lowest BCUT2D eigenvalue weighted by Gasteiger charge is -2.18. The number of carbonyl (C=O) groups excluding carboxylic acids is 1. The van der Waals surface area contributed by atoms with Crippen molar-refractivity contribution in [2.24, 2.45) is 5.92 Å². The maximum Gasteiger partial charge on any atom is 0.251 e. The molecule has 2 aromatic rings. The van der Waals surface area contributed by atoms with Crippen molar-refractivity contribution in [3.63, 3.8) is 0 Å². The number of aliphatic hydroxyl groups is 2. The van der Waals surface area contributed by atoms with Crippen molar-refractivity contribution in [1.29, 1.82) is 0 Å². The number of aromatic nitrogens is 3. The number of rotatable bonds is 5. The maximum atomic E-state index is 12.3. The molecule has 2 fully saturated rings. The molecule has 25 heavy (non-hydrogen) atoms. The molecule has 1 heterocycles. The third-order valence-electron chi connectivity index (χ3n) is 5.13. The molecular weight excluding hydrogens is 320 g/mol. The minimum absolute atomic E-state index is 0.176. The lowest BCUT2D eigenvalue weighted by molar-refractivity contribution is 0.00762. The number of aliphatic hydroxyl groups excluding tert-OH is 2. The molecule has 3 N–H and O–H groups in total. The van der Waals surface area contributed by atoms with Crippen molar-refractivity contribution in [1.82, 2.24) is 20.3 Å². The van der Waals surface area contributed by atoms with Crippen LogP contribution in [-0.4, -0.2) is 49.4 Å². The van der Waals surface area contributed by atoms with Crippen LogP contribution in [0.5, 0.6) is 0 Å². The quantitative estimate of drug-likeness (QED) is 0.742. The normalized spacial score (nSPS) is 28.9. The van der Waals surface area contributed by atoms with Gasteiger partial charge >= 0.3 is 0 Å². The van der Waals surface area contributed by atoms with E-state index in [2.05, 4.69) is 15.6 Å². The van der Waals surface area contributed by atoms with Crippen molar-refractivity contribution < 1.29 is 15.0 Å². The van der Waals surface area contributed by atoms with Crippen molar-refractivity contribution >= 4 is 5.91 Å². The zero-order valence-electron chi connectivity index (χ0n) is 13.8. The Kier molecular flexibility index (Phi) is 4.27. The Morgan fingerprint density at radius 3 is 2.68 bits per heavy atom. The molecule has 2 aliphatic rings. The summed E-state index contributed by atoms with van der Waals surface area (Å²) in [5, 5.41) is 31.8. The van der Waals surface area contributed by atoms with E-state index >= 15 is 0 Å². The maximum absolute atomic E-state index is 12.3. The van der Waals surface area contributed by atoms with Gasteiger partial charge in [0.05, 0.1) is 17.8 Å². The molecule has 2 saturated carbocycles. The van der Waals surface area contributed by atoms with Gasteiger partial charge in [-0.3, -0.25) is 9.48 Å². The SMILES string of the molecule is O=C(NC1CC(Cn2cc(C3CC3)nn2)C(O)C1O)c1ccccc1. The van der Waals surface area contributed by atoms with Crippen LogP contribution in [0.2, 0.25) is 0 Å². The molecule has 0 radical (unpaired) electrons. The molecule has 4 rings (SSSR count). The van der Waals surface area contributed by atoms with Gasteiger partial charge in [0, 0.05) is 30.1 Å². The molecule has 1 aromatic heterocycles. The van der Waals surface area contributed by atoms with Crippen LogP contribution in [0.15, 0.2) is 36.5 Å². The second-order valence-corrected chi connectivity index (χ2v) is 7.06. The largest absolute Gasteiger partial charge is 0.390 e. The van der Waals surface area contributed by atoms with E-state index in [1.807, 2.05) is 12.3 Å². The Bertz CT molecular complexity index is 744. The molecule has 1 amide bonds. The molecule has 1 aromatic carbocycles. The first-order chi connectivity index (χ1) is 12.1. The van der Waals surface area contributed by atoms with E-state index in [9.17, 15) is 15.0 Å². The number of hydrogen-bond acceptors (Lipinski definition) is 5. The summed E-state index contributed by atoms with van der Waals surface area (Å²) < 4.78 is 1.73. The van der Waals surface area contributed by atoms with Gasteiger partial charge in [-0.2, -0.15) is 0 Å². The van der Waals surface area contributed by atoms with Crippen LogP contribution in [0.1, 0.15) is 41.2 Å². The standard InChI is InChI=1S/C18H22N4O3/c23-16-13(9-22-10-15(20-21-22)11-6-7-11)8-14(17(16)24)19-18(25)12-4-2-1-3-5-12/h1-5,10-11,13-14,16-17,23-24H,6-9H2,(H,19,25). The van der Waals surface area contributed by atoms with Crippen LogP contribution in [0, 0.1) is 5.92 Å². The predicted molar refractivity (Wildman–Crippen MR) is 89.8 cm³/mol. The highest BCUT2D eigenvalue weighted by molar-refractivity contribution is 5.94. The molecular formula is C18H22N4O3. The third kappa shape index (κ3) is 3.43. The first-order valence-corrected chi connectivity index (χ1v) is 8.74. The molecule has 2 aliphatic carbocycles. The van der Waals surface area contributed by atoms with Crippen LogP contribution in [0.3, 0.4) is 0 Å². The number of carbonyl (C=O) groups is 1. The Balaban J connectivity index is 1.39. The number of nitrogens with zero attached hydrogens (tertiary/aromatic N) is 3. The second kappa shape index (κ2) is 6.57. The second-order valence-electron chi connectivity index (χ2n) is 7.06. The van der Waals surface area contributed by atoms with Crippen LogP contribution in [-0.2, 0) is 6.54 Å². The zero-order chi connectivity index (χ0) is 17.4. The van der Waals surface area contributed by atoms with E-state index in [4.69, 9.17) is 0 Å². The van der Waals surface area contributed by atoms with Crippen molar-refractivity contribution in [3.8, 4) is 0 Å². The number of benzene rings is 1. The Hall–Kier alpha value is -2.25. The summed E-state index contributed by atoms with van der Waals surface area (Å²) in [5.41, 5.74) is 1.54. The molecule has 7 nitrogen and oxygen atoms in total. The summed E-state index contributed by atoms with van der Waals surface area (Å²) in [6.07, 6.45) is 2.87. The molecule has 132 valence electrons. The molecule has 4 unspecified atom stereocenters. The first-order valence-electron chi connectivity index (χ1n) is 8.74. The molecule has 7 heteroatoms. The monoisotopic (exact) mass is 342 g/mol. The van der Waals surface area contributed by atoms with Gasteiger partial charge in [0.1, 0.15) is 6.10 Å². The Morgan fingerprint density at radius 1 is 1.20 bits per heavy atom. The Morgan fingerprint density at radius 2 is 1.96 bits per heavy atom. The fourth-order valence-corrected chi connectivity index (χ4v) is 3.50. The van der Waals surface area contributed by atoms with Gasteiger partial charge in [-0.1, -0.05) is 23.4 Å². The molecule has 0 saturated heterocycles. The van der Waals surface area contributed by atoms with Gasteiger partial charge in [0.15, 0.2) is 0 Å². The van der Waals surface area contributed by atoms with Gasteiger partial charge in [-0.25, -0.2) is 0 Å². The minimum atomic E-state index is -0.982. The van der Waals surface area contributed by atoms with E-state index in [0.29, 0.717) is 24.4 Å². The summed E-state index contributed by atoms with van der Waals surface area (Å²) in [4.78, 5) is 12.3. The fourth-order valence-electron chi connectivity index (χ4n) is 3.50. The lowest BCUT2D eigenvalue weighted by atomic mass is 10.1. The predicted octanol–water partition coefficient (Wildman–Crippen LogP) is 0.696. The summed E-state index contributed by atoms with van der Waals surface area (Å²) in [6, 6.07) is 8.40. The Labute approximate surface area is 145 Å². The number of amides is 1. The highest BCUT2D eigenvalue weighted by Gasteiger charge is 2.42. The minimum Gasteiger partial charge on any atom is -0.390 e. The fraction of sp³-hybridized carbons (Fsp3) is 0.500. The molecule has 0 spiro atoms. The average molecular weight is 342 g/mol. The highest BCUT2D eigenvalue weighted by atomic mass is 16.3. The average Bonchev–Trinajstić information content (AvgIpc) is 3.33. The summed E-state index contributed by atoms with van der Waals surface area (Å²) in [6.45, 7) is 0.482. The van der Waals surface area contributed by atoms with Gasteiger partial charge in [0.2, 0.25) is 0 Å². The smallest absolute Gasteiger partial charge is 0.251 e. The van der Waals surface area contributed by atoms with E-state index < -0.39 is 18.2 Å². The third-order valence-corrected chi connectivity index (χ3v) is 5.13. The summed E-state index contributed by atoms with van der Waals surface area (Å²) in [7, 11) is 0. The van der Waals surface area contributed by atoms with Gasteiger partial charge in [-0.15, -0.1) is 5.10 Å². The van der Waals surface area contributed by atoms with Gasteiger partial charge < -0.3 is 15.5 Å². The number of hydrogen-bond donors (Lipinski definition) is 3.